The van der Waals surface area contributed by atoms with E-state index in [1.807, 2.05) is 6.92 Å². The highest BCUT2D eigenvalue weighted by atomic mass is 35.5. The lowest BCUT2D eigenvalue weighted by Crippen LogP contribution is -2.07. The third kappa shape index (κ3) is 3.26. The highest BCUT2D eigenvalue weighted by Crippen LogP contribution is 2.12. The summed E-state index contributed by atoms with van der Waals surface area (Å²) in [7, 11) is 0. The second-order valence-electron chi connectivity index (χ2n) is 2.92. The van der Waals surface area contributed by atoms with Crippen molar-refractivity contribution >= 4 is 17.6 Å². The Bertz CT molecular complexity index is 306. The molecule has 0 unspecified atom stereocenters. The third-order valence-electron chi connectivity index (χ3n) is 1.58. The van der Waals surface area contributed by atoms with Crippen LogP contribution in [0.25, 0.3) is 0 Å². The molecule has 1 atom stereocenters. The maximum absolute atomic E-state index is 10.5. The molecule has 0 fully saturated rings. The van der Waals surface area contributed by atoms with E-state index >= 15 is 0 Å². The molecule has 0 aliphatic heterocycles. The van der Waals surface area contributed by atoms with Gasteiger partial charge in [0, 0.05) is 0 Å². The fourth-order valence-corrected chi connectivity index (χ4v) is 0.968. The molecule has 4 heteroatoms. The molecule has 3 nitrogen and oxygen atoms in total. The lowest BCUT2D eigenvalue weighted by atomic mass is 10.2. The summed E-state index contributed by atoms with van der Waals surface area (Å²) in [5.41, 5.74) is 0.247. The van der Waals surface area contributed by atoms with E-state index in [9.17, 15) is 4.79 Å². The van der Waals surface area contributed by atoms with Gasteiger partial charge in [0.05, 0.1) is 10.9 Å². The van der Waals surface area contributed by atoms with Crippen LogP contribution in [0, 0.1) is 0 Å². The van der Waals surface area contributed by atoms with Gasteiger partial charge in [-0.3, -0.25) is 0 Å². The summed E-state index contributed by atoms with van der Waals surface area (Å²) < 4.78 is 5.28. The first kappa shape index (κ1) is 10.9. The van der Waals surface area contributed by atoms with E-state index in [1.165, 1.54) is 12.1 Å². The average Bonchev–Trinajstić information content (AvgIpc) is 2.15. The Morgan fingerprint density at radius 1 is 1.50 bits per heavy atom. The smallest absolute Gasteiger partial charge is 0.335 e. The quantitative estimate of drug-likeness (QED) is 0.783. The summed E-state index contributed by atoms with van der Waals surface area (Å²) in [4.78, 5) is 10.5. The van der Waals surface area contributed by atoms with Crippen LogP contribution in [-0.2, 0) is 0 Å². The van der Waals surface area contributed by atoms with Crippen LogP contribution in [0.4, 0.5) is 0 Å². The number of carbonyl (C=O) groups is 1. The van der Waals surface area contributed by atoms with Gasteiger partial charge in [-0.25, -0.2) is 4.79 Å². The van der Waals surface area contributed by atoms with Gasteiger partial charge >= 0.3 is 5.97 Å². The molecular weight excluding hydrogens is 204 g/mol. The second-order valence-corrected chi connectivity index (χ2v) is 3.67. The number of carboxylic acid groups (broad SMARTS) is 1. The van der Waals surface area contributed by atoms with Crippen molar-refractivity contribution in [3.63, 3.8) is 0 Å². The van der Waals surface area contributed by atoms with Crippen LogP contribution in [0.3, 0.4) is 0 Å². The fraction of sp³-hybridized carbons (Fsp3) is 0.300. The van der Waals surface area contributed by atoms with Crippen molar-refractivity contribution in [2.45, 2.75) is 12.3 Å². The lowest BCUT2D eigenvalue weighted by molar-refractivity contribution is 0.0697. The van der Waals surface area contributed by atoms with Gasteiger partial charge in [-0.15, -0.1) is 11.6 Å². The van der Waals surface area contributed by atoms with Crippen LogP contribution in [0.1, 0.15) is 17.3 Å². The molecule has 1 N–H and O–H groups in total. The molecule has 76 valence electrons. The molecular formula is C10H11ClO3. The van der Waals surface area contributed by atoms with Crippen LogP contribution in [0.5, 0.6) is 5.75 Å². The molecule has 1 aromatic carbocycles. The van der Waals surface area contributed by atoms with Gasteiger partial charge in [-0.05, 0) is 31.2 Å². The number of halogens is 1. The zero-order valence-corrected chi connectivity index (χ0v) is 8.49. The van der Waals surface area contributed by atoms with Crippen molar-refractivity contribution in [2.24, 2.45) is 0 Å². The number of alkyl halides is 1. The minimum absolute atomic E-state index is 0.0610. The number of hydrogen-bond donors (Lipinski definition) is 1. The van der Waals surface area contributed by atoms with Gasteiger partial charge in [-0.2, -0.15) is 0 Å². The first-order valence-electron chi connectivity index (χ1n) is 4.20. The summed E-state index contributed by atoms with van der Waals surface area (Å²) in [5.74, 6) is -0.315. The summed E-state index contributed by atoms with van der Waals surface area (Å²) in [6, 6.07) is 6.22. The molecule has 1 aromatic rings. The van der Waals surface area contributed by atoms with Gasteiger partial charge in [0.15, 0.2) is 0 Å². The zero-order valence-electron chi connectivity index (χ0n) is 7.74. The predicted molar refractivity (Wildman–Crippen MR) is 54.2 cm³/mol. The van der Waals surface area contributed by atoms with E-state index in [2.05, 4.69) is 0 Å². The van der Waals surface area contributed by atoms with Crippen molar-refractivity contribution in [1.82, 2.24) is 0 Å². The summed E-state index contributed by atoms with van der Waals surface area (Å²) in [6.45, 7) is 2.24. The van der Waals surface area contributed by atoms with Crippen molar-refractivity contribution < 1.29 is 14.6 Å². The maximum Gasteiger partial charge on any atom is 0.335 e. The number of carboxylic acids is 1. The number of rotatable bonds is 4. The SMILES string of the molecule is C[C@H](Cl)COc1ccc(C(=O)O)cc1. The average molecular weight is 215 g/mol. The Morgan fingerprint density at radius 3 is 2.50 bits per heavy atom. The normalized spacial score (nSPS) is 12.1. The molecule has 0 aliphatic carbocycles. The van der Waals surface area contributed by atoms with Gasteiger partial charge in [0.25, 0.3) is 0 Å². The minimum atomic E-state index is -0.942. The summed E-state index contributed by atoms with van der Waals surface area (Å²) in [5, 5.41) is 8.57. The standard InChI is InChI=1S/C10H11ClO3/c1-7(11)6-14-9-4-2-8(3-5-9)10(12)13/h2-5,7H,6H2,1H3,(H,12,13)/t7-/m0/s1. The zero-order chi connectivity index (χ0) is 10.6. The maximum atomic E-state index is 10.5. The van der Waals surface area contributed by atoms with Crippen LogP contribution in [0.15, 0.2) is 24.3 Å². The molecule has 0 saturated carbocycles. The Kier molecular flexibility index (Phi) is 3.77. The summed E-state index contributed by atoms with van der Waals surface area (Å²) >= 11 is 5.69. The van der Waals surface area contributed by atoms with Gasteiger partial charge in [0.1, 0.15) is 12.4 Å². The molecule has 0 radical (unpaired) electrons. The van der Waals surface area contributed by atoms with Crippen LogP contribution >= 0.6 is 11.6 Å². The first-order valence-corrected chi connectivity index (χ1v) is 4.63. The molecule has 0 heterocycles. The van der Waals surface area contributed by atoms with Crippen molar-refractivity contribution in [2.75, 3.05) is 6.61 Å². The number of hydrogen-bond acceptors (Lipinski definition) is 2. The highest BCUT2D eigenvalue weighted by molar-refractivity contribution is 6.20. The number of ether oxygens (including phenoxy) is 1. The van der Waals surface area contributed by atoms with Gasteiger partial charge in [-0.1, -0.05) is 0 Å². The molecule has 0 aromatic heterocycles. The number of benzene rings is 1. The van der Waals surface area contributed by atoms with Gasteiger partial charge in [0.2, 0.25) is 0 Å². The molecule has 0 bridgehead atoms. The van der Waals surface area contributed by atoms with E-state index in [0.29, 0.717) is 12.4 Å². The molecule has 0 aliphatic rings. The van der Waals surface area contributed by atoms with E-state index in [4.69, 9.17) is 21.4 Å². The van der Waals surface area contributed by atoms with E-state index in [0.717, 1.165) is 0 Å². The molecule has 0 saturated heterocycles. The summed E-state index contributed by atoms with van der Waals surface area (Å²) in [6.07, 6.45) is 0. The molecule has 0 spiro atoms. The van der Waals surface area contributed by atoms with Crippen molar-refractivity contribution in [3.8, 4) is 5.75 Å². The van der Waals surface area contributed by atoms with Crippen LogP contribution in [-0.4, -0.2) is 23.1 Å². The Labute approximate surface area is 87.3 Å². The van der Waals surface area contributed by atoms with Crippen LogP contribution in [0.2, 0.25) is 0 Å². The largest absolute Gasteiger partial charge is 0.492 e. The van der Waals surface area contributed by atoms with E-state index in [1.54, 1.807) is 12.1 Å². The van der Waals surface area contributed by atoms with Crippen molar-refractivity contribution in [3.05, 3.63) is 29.8 Å². The highest BCUT2D eigenvalue weighted by Gasteiger charge is 2.02. The molecule has 1 rings (SSSR count). The van der Waals surface area contributed by atoms with Gasteiger partial charge < -0.3 is 9.84 Å². The van der Waals surface area contributed by atoms with Crippen LogP contribution < -0.4 is 4.74 Å². The molecule has 14 heavy (non-hydrogen) atoms. The minimum Gasteiger partial charge on any atom is -0.492 e. The predicted octanol–water partition coefficient (Wildman–Crippen LogP) is 2.39. The third-order valence-corrected chi connectivity index (χ3v) is 1.71. The van der Waals surface area contributed by atoms with Crippen molar-refractivity contribution in [1.29, 1.82) is 0 Å². The number of aromatic carboxylic acids is 1. The topological polar surface area (TPSA) is 46.5 Å². The Morgan fingerprint density at radius 2 is 2.07 bits per heavy atom. The lowest BCUT2D eigenvalue weighted by Gasteiger charge is -2.06. The second kappa shape index (κ2) is 4.86. The Hall–Kier alpha value is -1.22. The fourth-order valence-electron chi connectivity index (χ4n) is 0.905. The first-order chi connectivity index (χ1) is 6.59. The molecule has 0 amide bonds. The van der Waals surface area contributed by atoms with E-state index < -0.39 is 5.97 Å². The van der Waals surface area contributed by atoms with E-state index in [-0.39, 0.29) is 10.9 Å². The Balaban J connectivity index is 2.60. The monoisotopic (exact) mass is 214 g/mol.